The molecule has 0 fully saturated rings. The lowest BCUT2D eigenvalue weighted by atomic mass is 9.84. The van der Waals surface area contributed by atoms with Crippen molar-refractivity contribution in [2.24, 2.45) is 0 Å². The second kappa shape index (κ2) is 5.93. The first-order valence-corrected chi connectivity index (χ1v) is 9.58. The van der Waals surface area contributed by atoms with Gasteiger partial charge in [0.05, 0.1) is 12.7 Å². The smallest absolute Gasteiger partial charge is 0.497 e. The van der Waals surface area contributed by atoms with Crippen molar-refractivity contribution >= 4 is 34.2 Å². The Labute approximate surface area is 165 Å². The van der Waals surface area contributed by atoms with E-state index in [-0.39, 0.29) is 0 Å². The maximum Gasteiger partial charge on any atom is 0.737 e. The summed E-state index contributed by atoms with van der Waals surface area (Å²) in [5, 5.41) is 0. The second-order valence-corrected chi connectivity index (χ2v) is 8.13. The number of fused-ring (bicyclic) bond motifs is 2. The van der Waals surface area contributed by atoms with Gasteiger partial charge in [-0.15, -0.1) is 0 Å². The normalized spacial score (nSPS) is 17.9. The molecule has 2 aliphatic rings. The summed E-state index contributed by atoms with van der Waals surface area (Å²) in [6.07, 6.45) is 1.83. The number of ether oxygens (including phenoxy) is 1. The van der Waals surface area contributed by atoms with Crippen molar-refractivity contribution in [2.45, 2.75) is 27.7 Å². The number of hydrogen-bond acceptors (Lipinski definition) is 1. The summed E-state index contributed by atoms with van der Waals surface area (Å²) in [6.45, 7) is 3.30. The van der Waals surface area contributed by atoms with Crippen molar-refractivity contribution in [1.29, 1.82) is 0 Å². The fraction of sp³-hybridized carbons (Fsp3) is 0.250. The van der Waals surface area contributed by atoms with Crippen molar-refractivity contribution in [2.75, 3.05) is 7.11 Å². The molecule has 3 nitrogen and oxygen atoms in total. The molecule has 0 saturated carbocycles. The van der Waals surface area contributed by atoms with Gasteiger partial charge in [-0.25, -0.2) is 0 Å². The van der Waals surface area contributed by atoms with E-state index < -0.39 is 6.97 Å². The van der Waals surface area contributed by atoms with E-state index in [9.17, 15) is 0 Å². The van der Waals surface area contributed by atoms with E-state index >= 15 is 8.63 Å². The topological polar surface area (TPSA) is 17.2 Å². The number of methoxy groups -OCH3 is 1. The van der Waals surface area contributed by atoms with Crippen LogP contribution in [0, 0.1) is 13.8 Å². The van der Waals surface area contributed by atoms with Gasteiger partial charge in [0.2, 0.25) is 0 Å². The lowest BCUT2D eigenvalue weighted by Crippen LogP contribution is -2.51. The summed E-state index contributed by atoms with van der Waals surface area (Å²) in [7, 11) is 1.60. The third kappa shape index (κ3) is 2.47. The molecule has 140 valence electrons. The third-order valence-electron chi connectivity index (χ3n) is 5.33. The average molecular weight is 433 g/mol. The Hall–Kier alpha value is -2.15. The molecule has 0 bridgehead atoms. The summed E-state index contributed by atoms with van der Waals surface area (Å²) >= 11 is 3.52. The van der Waals surface area contributed by atoms with Crippen molar-refractivity contribution in [3.63, 3.8) is 0 Å². The predicted octanol–water partition coefficient (Wildman–Crippen LogP) is 5.31. The highest BCUT2D eigenvalue weighted by molar-refractivity contribution is 9.10. The Bertz CT molecular complexity index is 1100. The number of nitrogens with zero attached hydrogens (tertiary/aromatic N) is 2. The molecule has 0 unspecified atom stereocenters. The van der Waals surface area contributed by atoms with E-state index in [1.165, 1.54) is 8.96 Å². The maximum atomic E-state index is 15.6. The molecule has 3 heterocycles. The molecule has 0 aliphatic carbocycles. The minimum atomic E-state index is -3.96. The van der Waals surface area contributed by atoms with E-state index in [0.717, 1.165) is 26.7 Å². The number of allylic oxidation sites excluding steroid dienone is 2. The average Bonchev–Trinajstić information content (AvgIpc) is 3.04. The molecule has 0 N–H and O–H groups in total. The van der Waals surface area contributed by atoms with Gasteiger partial charge in [0.25, 0.3) is 0 Å². The maximum absolute atomic E-state index is 15.6. The van der Waals surface area contributed by atoms with Crippen LogP contribution >= 0.6 is 15.9 Å². The van der Waals surface area contributed by atoms with Gasteiger partial charge in [-0.3, -0.25) is 0 Å². The molecule has 0 saturated heterocycles. The Kier molecular flexibility index (Phi) is 4.00. The molecule has 0 radical (unpaired) electrons. The summed E-state index contributed by atoms with van der Waals surface area (Å²) in [5.41, 5.74) is 5.60. The lowest BCUT2D eigenvalue weighted by molar-refractivity contribution is -0.363. The number of aromatic nitrogens is 1. The summed E-state index contributed by atoms with van der Waals surface area (Å²) < 4.78 is 39.9. The number of benzene rings is 1. The third-order valence-corrected chi connectivity index (χ3v) is 5.79. The van der Waals surface area contributed by atoms with Crippen molar-refractivity contribution in [3.05, 3.63) is 68.6 Å². The van der Waals surface area contributed by atoms with E-state index in [0.29, 0.717) is 28.5 Å². The van der Waals surface area contributed by atoms with E-state index in [2.05, 4.69) is 15.9 Å². The molecule has 7 heteroatoms. The first kappa shape index (κ1) is 18.2. The standard InChI is InChI=1S/C20H20BBrF2N2O/c1-11-6-13(3)25-19(11)18(15-8-16(22)10-17(9-15)27-5)20-12(2)7-14(4)26(20)21(25,23)24/h6-10H,1-5H3. The Morgan fingerprint density at radius 3 is 2.44 bits per heavy atom. The molecule has 27 heavy (non-hydrogen) atoms. The van der Waals surface area contributed by atoms with Crippen molar-refractivity contribution < 1.29 is 17.9 Å². The van der Waals surface area contributed by atoms with Crippen LogP contribution in [0.15, 0.2) is 46.1 Å². The first-order valence-electron chi connectivity index (χ1n) is 8.79. The Morgan fingerprint density at radius 1 is 1.07 bits per heavy atom. The van der Waals surface area contributed by atoms with Gasteiger partial charge < -0.3 is 22.3 Å². The lowest BCUT2D eigenvalue weighted by Gasteiger charge is -2.34. The molecule has 4 rings (SSSR count). The number of hydrogen-bond donors (Lipinski definition) is 0. The van der Waals surface area contributed by atoms with Gasteiger partial charge in [-0.2, -0.15) is 0 Å². The first-order chi connectivity index (χ1) is 12.7. The molecule has 1 aromatic carbocycles. The van der Waals surface area contributed by atoms with Crippen LogP contribution < -0.4 is 4.74 Å². The summed E-state index contributed by atoms with van der Waals surface area (Å²) in [6, 6.07) is 7.54. The van der Waals surface area contributed by atoms with Gasteiger partial charge in [0.1, 0.15) is 11.5 Å². The van der Waals surface area contributed by atoms with Crippen LogP contribution in [-0.2, 0) is 0 Å². The number of aryl methyl sites for hydroxylation is 2. The van der Waals surface area contributed by atoms with Crippen LogP contribution in [0.25, 0.3) is 5.57 Å². The van der Waals surface area contributed by atoms with Crippen LogP contribution in [-0.4, -0.2) is 28.8 Å². The van der Waals surface area contributed by atoms with Crippen LogP contribution in [0.4, 0.5) is 8.63 Å². The fourth-order valence-corrected chi connectivity index (χ4v) is 4.87. The van der Waals surface area contributed by atoms with Crippen LogP contribution in [0.3, 0.4) is 0 Å². The van der Waals surface area contributed by atoms with Crippen molar-refractivity contribution in [3.8, 4) is 5.75 Å². The summed E-state index contributed by atoms with van der Waals surface area (Å²) in [4.78, 5) is 0. The van der Waals surface area contributed by atoms with Gasteiger partial charge in [-0.1, -0.05) is 15.9 Å². The van der Waals surface area contributed by atoms with Crippen LogP contribution in [0.2, 0.25) is 0 Å². The van der Waals surface area contributed by atoms with Gasteiger partial charge in [0, 0.05) is 28.7 Å². The van der Waals surface area contributed by atoms with Crippen molar-refractivity contribution in [1.82, 2.24) is 4.48 Å². The highest BCUT2D eigenvalue weighted by Gasteiger charge is 2.55. The molecule has 0 amide bonds. The minimum Gasteiger partial charge on any atom is -0.497 e. The van der Waals surface area contributed by atoms with Gasteiger partial charge in [0.15, 0.2) is 5.70 Å². The molecule has 0 spiro atoms. The van der Waals surface area contributed by atoms with E-state index in [4.69, 9.17) is 4.74 Å². The molecule has 2 aromatic rings. The number of rotatable bonds is 2. The Balaban J connectivity index is 2.17. The molecular formula is C20H20BBrF2N2O. The fourth-order valence-electron chi connectivity index (χ4n) is 4.40. The Morgan fingerprint density at radius 2 is 1.78 bits per heavy atom. The zero-order chi connectivity index (χ0) is 19.7. The molecule has 1 aromatic heterocycles. The van der Waals surface area contributed by atoms with E-state index in [1.54, 1.807) is 21.0 Å². The molecular weight excluding hydrogens is 413 g/mol. The van der Waals surface area contributed by atoms with E-state index in [1.807, 2.05) is 44.2 Å². The minimum absolute atomic E-state index is 0.559. The quantitative estimate of drug-likeness (QED) is 0.588. The van der Waals surface area contributed by atoms with Gasteiger partial charge in [-0.05, 0) is 61.9 Å². The zero-order valence-electron chi connectivity index (χ0n) is 15.9. The predicted molar refractivity (Wildman–Crippen MR) is 109 cm³/mol. The highest BCUT2D eigenvalue weighted by Crippen LogP contribution is 2.45. The zero-order valence-corrected chi connectivity index (χ0v) is 17.5. The number of halogens is 3. The van der Waals surface area contributed by atoms with Crippen LogP contribution in [0.5, 0.6) is 5.75 Å². The highest BCUT2D eigenvalue weighted by atomic mass is 79.9. The van der Waals surface area contributed by atoms with Crippen LogP contribution in [0.1, 0.15) is 36.4 Å². The second-order valence-electron chi connectivity index (χ2n) is 7.22. The van der Waals surface area contributed by atoms with Gasteiger partial charge >= 0.3 is 6.97 Å². The summed E-state index contributed by atoms with van der Waals surface area (Å²) in [5.74, 6) is 0.676. The molecule has 0 atom stereocenters. The monoisotopic (exact) mass is 432 g/mol. The largest absolute Gasteiger partial charge is 0.737 e. The SMILES string of the molecule is COc1cc(Br)cc(C2=C3C(C)=CC(C)=[N+]3[B-](F)(F)n3c(C)cc(C)c32)c1. The molecule has 2 aliphatic heterocycles.